The van der Waals surface area contributed by atoms with Crippen LogP contribution < -0.4 is 10.4 Å². The van der Waals surface area contributed by atoms with Gasteiger partial charge in [0, 0.05) is 4.91 Å². The first-order valence-corrected chi connectivity index (χ1v) is 12.9. The van der Waals surface area contributed by atoms with Gasteiger partial charge in [-0.05, 0) is 34.8 Å². The second-order valence-electron chi connectivity index (χ2n) is 9.81. The highest BCUT2D eigenvalue weighted by Gasteiger charge is 2.56. The molecule has 170 valence electrons. The Balaban J connectivity index is 1.69. The standard InChI is InChI=1S/C24H31N3O4Si/c1-23(2,3)32(17-12-8-6-9-13-17,18-14-10-7-11-15-18)28-16-19-20(26-27-25)21-22(29-19)31-24(4,5)30-21/h6-15,19-22H,16H2,1-5H3/t19-,20-,21-,22-/m1/s1. The summed E-state index contributed by atoms with van der Waals surface area (Å²) in [5, 5.41) is 6.22. The number of hydrogen-bond acceptors (Lipinski definition) is 5. The smallest absolute Gasteiger partial charge is 0.261 e. The highest BCUT2D eigenvalue weighted by atomic mass is 28.4. The van der Waals surface area contributed by atoms with E-state index in [0.29, 0.717) is 0 Å². The molecule has 2 aromatic carbocycles. The van der Waals surface area contributed by atoms with Gasteiger partial charge in [-0.2, -0.15) is 0 Å². The van der Waals surface area contributed by atoms with Crippen molar-refractivity contribution in [1.29, 1.82) is 0 Å². The molecule has 0 aromatic heterocycles. The number of azide groups is 1. The van der Waals surface area contributed by atoms with Crippen LogP contribution in [0.5, 0.6) is 0 Å². The Hall–Kier alpha value is -2.19. The Bertz CT molecular complexity index is 934. The van der Waals surface area contributed by atoms with Crippen molar-refractivity contribution in [3.05, 3.63) is 71.1 Å². The molecule has 4 atom stereocenters. The quantitative estimate of drug-likeness (QED) is 0.285. The van der Waals surface area contributed by atoms with Crippen LogP contribution >= 0.6 is 0 Å². The monoisotopic (exact) mass is 453 g/mol. The van der Waals surface area contributed by atoms with E-state index in [1.165, 1.54) is 10.4 Å². The first kappa shape index (κ1) is 23.0. The Kier molecular flexibility index (Phi) is 6.20. The minimum atomic E-state index is -2.73. The van der Waals surface area contributed by atoms with Crippen LogP contribution in [-0.4, -0.2) is 45.3 Å². The number of benzene rings is 2. The molecule has 2 aliphatic rings. The van der Waals surface area contributed by atoms with Crippen LogP contribution in [0.1, 0.15) is 34.6 Å². The molecule has 2 saturated heterocycles. The predicted molar refractivity (Wildman–Crippen MR) is 125 cm³/mol. The van der Waals surface area contributed by atoms with Gasteiger partial charge in [-0.1, -0.05) is 86.5 Å². The molecule has 32 heavy (non-hydrogen) atoms. The van der Waals surface area contributed by atoms with Crippen molar-refractivity contribution in [2.45, 2.75) is 70.0 Å². The summed E-state index contributed by atoms with van der Waals surface area (Å²) >= 11 is 0. The van der Waals surface area contributed by atoms with Crippen LogP contribution in [0.15, 0.2) is 65.8 Å². The van der Waals surface area contributed by atoms with Gasteiger partial charge in [0.15, 0.2) is 12.1 Å². The Morgan fingerprint density at radius 2 is 1.56 bits per heavy atom. The van der Waals surface area contributed by atoms with E-state index >= 15 is 0 Å². The van der Waals surface area contributed by atoms with Crippen molar-refractivity contribution in [3.8, 4) is 0 Å². The Morgan fingerprint density at radius 3 is 2.06 bits per heavy atom. The van der Waals surface area contributed by atoms with Crippen molar-refractivity contribution in [1.82, 2.24) is 0 Å². The third kappa shape index (κ3) is 4.10. The maximum absolute atomic E-state index is 9.18. The molecule has 0 saturated carbocycles. The lowest BCUT2D eigenvalue weighted by Crippen LogP contribution is -2.67. The fourth-order valence-corrected chi connectivity index (χ4v) is 9.43. The normalized spacial score (nSPS) is 27.0. The average molecular weight is 454 g/mol. The fraction of sp³-hybridized carbons (Fsp3) is 0.500. The molecule has 2 aromatic rings. The molecule has 0 bridgehead atoms. The molecule has 0 radical (unpaired) electrons. The summed E-state index contributed by atoms with van der Waals surface area (Å²) < 4.78 is 25.0. The summed E-state index contributed by atoms with van der Waals surface area (Å²) in [5.74, 6) is -0.775. The zero-order chi connectivity index (χ0) is 23.0. The van der Waals surface area contributed by atoms with E-state index in [1.807, 2.05) is 26.0 Å². The zero-order valence-corrected chi connectivity index (χ0v) is 20.3. The van der Waals surface area contributed by atoms with Crippen LogP contribution in [0.25, 0.3) is 10.4 Å². The summed E-state index contributed by atoms with van der Waals surface area (Å²) in [4.78, 5) is 3.05. The van der Waals surface area contributed by atoms with Crippen LogP contribution in [-0.2, 0) is 18.6 Å². The first-order chi connectivity index (χ1) is 15.2. The van der Waals surface area contributed by atoms with E-state index in [-0.39, 0.29) is 11.6 Å². The molecule has 0 amide bonds. The summed E-state index contributed by atoms with van der Waals surface area (Å²) in [6.07, 6.45) is -1.49. The number of nitrogens with zero attached hydrogens (tertiary/aromatic N) is 3. The van der Waals surface area contributed by atoms with Gasteiger partial charge >= 0.3 is 0 Å². The Morgan fingerprint density at radius 1 is 1.00 bits per heavy atom. The highest BCUT2D eigenvalue weighted by Crippen LogP contribution is 2.41. The lowest BCUT2D eigenvalue weighted by Gasteiger charge is -2.43. The van der Waals surface area contributed by atoms with E-state index in [2.05, 4.69) is 79.3 Å². The molecule has 2 aliphatic heterocycles. The van der Waals surface area contributed by atoms with Gasteiger partial charge < -0.3 is 18.6 Å². The van der Waals surface area contributed by atoms with Crippen LogP contribution in [0.2, 0.25) is 5.04 Å². The maximum Gasteiger partial charge on any atom is 0.261 e. The van der Waals surface area contributed by atoms with Gasteiger partial charge in [0.2, 0.25) is 0 Å². The van der Waals surface area contributed by atoms with Gasteiger partial charge in [0.05, 0.1) is 18.8 Å². The summed E-state index contributed by atoms with van der Waals surface area (Å²) in [6, 6.07) is 20.3. The maximum atomic E-state index is 9.18. The molecule has 0 spiro atoms. The SMILES string of the molecule is CC1(C)O[C@H]2O[C@H](CO[Si](c3ccccc3)(c3ccccc3)C(C)(C)C)[C@@H](N=[N+]=[N-])[C@H]2O1. The van der Waals surface area contributed by atoms with Gasteiger partial charge in [-0.15, -0.1) is 0 Å². The molecule has 2 fully saturated rings. The largest absolute Gasteiger partial charge is 0.405 e. The molecule has 7 nitrogen and oxygen atoms in total. The van der Waals surface area contributed by atoms with Gasteiger partial charge in [0.25, 0.3) is 8.32 Å². The molecule has 0 N–H and O–H groups in total. The van der Waals surface area contributed by atoms with Crippen molar-refractivity contribution in [2.24, 2.45) is 5.11 Å². The minimum absolute atomic E-state index is 0.160. The van der Waals surface area contributed by atoms with E-state index < -0.39 is 38.6 Å². The summed E-state index contributed by atoms with van der Waals surface area (Å²) in [5.41, 5.74) is 9.18. The first-order valence-electron chi connectivity index (χ1n) is 11.0. The topological polar surface area (TPSA) is 85.7 Å². The third-order valence-electron chi connectivity index (χ3n) is 6.18. The number of ether oxygens (including phenoxy) is 3. The summed E-state index contributed by atoms with van der Waals surface area (Å²) in [6.45, 7) is 10.6. The van der Waals surface area contributed by atoms with E-state index in [9.17, 15) is 5.53 Å². The zero-order valence-electron chi connectivity index (χ0n) is 19.3. The predicted octanol–water partition coefficient (Wildman–Crippen LogP) is 4.12. The fourth-order valence-electron chi connectivity index (χ4n) is 4.86. The minimum Gasteiger partial charge on any atom is -0.405 e. The lowest BCUT2D eigenvalue weighted by atomic mass is 10.1. The molecule has 0 aliphatic carbocycles. The van der Waals surface area contributed by atoms with E-state index in [1.54, 1.807) is 0 Å². The van der Waals surface area contributed by atoms with Crippen LogP contribution in [0.4, 0.5) is 0 Å². The second kappa shape index (κ2) is 8.63. The van der Waals surface area contributed by atoms with E-state index in [4.69, 9.17) is 18.6 Å². The number of rotatable bonds is 6. The highest BCUT2D eigenvalue weighted by molar-refractivity contribution is 6.99. The number of fused-ring (bicyclic) bond motifs is 1. The molecule has 0 unspecified atom stereocenters. The van der Waals surface area contributed by atoms with Crippen molar-refractivity contribution in [2.75, 3.05) is 6.61 Å². The second-order valence-corrected chi connectivity index (χ2v) is 14.1. The van der Waals surface area contributed by atoms with Crippen LogP contribution in [0, 0.1) is 0 Å². The van der Waals surface area contributed by atoms with E-state index in [0.717, 1.165) is 0 Å². The summed E-state index contributed by atoms with van der Waals surface area (Å²) in [7, 11) is -2.73. The van der Waals surface area contributed by atoms with Crippen molar-refractivity contribution < 1.29 is 18.6 Å². The molecule has 4 rings (SSSR count). The van der Waals surface area contributed by atoms with Gasteiger partial charge in [-0.25, -0.2) is 0 Å². The molecular formula is C24H31N3O4Si. The molecule has 2 heterocycles. The molecular weight excluding hydrogens is 422 g/mol. The van der Waals surface area contributed by atoms with Crippen LogP contribution in [0.3, 0.4) is 0 Å². The van der Waals surface area contributed by atoms with Crippen molar-refractivity contribution >= 4 is 18.7 Å². The average Bonchev–Trinajstić information content (AvgIpc) is 3.21. The van der Waals surface area contributed by atoms with Gasteiger partial charge in [0.1, 0.15) is 6.10 Å². The third-order valence-corrected chi connectivity index (χ3v) is 11.2. The van der Waals surface area contributed by atoms with Gasteiger partial charge in [-0.3, -0.25) is 0 Å². The number of hydrogen-bond donors (Lipinski definition) is 0. The van der Waals surface area contributed by atoms with Crippen molar-refractivity contribution in [3.63, 3.8) is 0 Å². The molecule has 8 heteroatoms. The lowest BCUT2D eigenvalue weighted by molar-refractivity contribution is -0.208. The Labute approximate surface area is 190 Å².